The summed E-state index contributed by atoms with van der Waals surface area (Å²) in [5.74, 6) is 0.297. The number of rotatable bonds is 7. The van der Waals surface area contributed by atoms with Crippen LogP contribution in [0.4, 0.5) is 5.69 Å². The van der Waals surface area contributed by atoms with Gasteiger partial charge in [0.15, 0.2) is 0 Å². The molecule has 2 aromatic carbocycles. The quantitative estimate of drug-likeness (QED) is 0.708. The number of hydrogen-bond donors (Lipinski definition) is 1. The summed E-state index contributed by atoms with van der Waals surface area (Å²) < 4.78 is 0. The van der Waals surface area contributed by atoms with Crippen molar-refractivity contribution in [2.24, 2.45) is 0 Å². The third-order valence-corrected chi connectivity index (χ3v) is 5.08. The van der Waals surface area contributed by atoms with Gasteiger partial charge < -0.3 is 5.32 Å². The van der Waals surface area contributed by atoms with Crippen molar-refractivity contribution in [3.05, 3.63) is 59.7 Å². The van der Waals surface area contributed by atoms with E-state index in [-0.39, 0.29) is 11.3 Å². The highest BCUT2D eigenvalue weighted by Crippen LogP contribution is 2.26. The average Bonchev–Trinajstić information content (AvgIpc) is 2.60. The second-order valence-electron chi connectivity index (χ2n) is 7.61. The highest BCUT2D eigenvalue weighted by Gasteiger charge is 2.14. The molecule has 1 N–H and O–H groups in total. The zero-order chi connectivity index (χ0) is 19.9. The first-order valence-corrected chi connectivity index (χ1v) is 9.95. The molecule has 0 bridgehead atoms. The summed E-state index contributed by atoms with van der Waals surface area (Å²) in [6.07, 6.45) is 0. The van der Waals surface area contributed by atoms with Crippen molar-refractivity contribution in [1.82, 2.24) is 4.90 Å². The molecule has 0 fully saturated rings. The van der Waals surface area contributed by atoms with Gasteiger partial charge in [-0.05, 0) is 35.7 Å². The van der Waals surface area contributed by atoms with Gasteiger partial charge in [0.1, 0.15) is 0 Å². The van der Waals surface area contributed by atoms with E-state index in [2.05, 4.69) is 56.4 Å². The summed E-state index contributed by atoms with van der Waals surface area (Å²) in [6.45, 7) is 7.61. The highest BCUT2D eigenvalue weighted by atomic mass is 32.2. The fourth-order valence-corrected chi connectivity index (χ4v) is 3.39. The summed E-state index contributed by atoms with van der Waals surface area (Å²) in [4.78, 5) is 15.3. The molecule has 27 heavy (non-hydrogen) atoms. The molecule has 0 saturated heterocycles. The second kappa shape index (κ2) is 9.59. The number of carbonyl (C=O) groups is 1. The Bertz CT molecular complexity index is 804. The summed E-state index contributed by atoms with van der Waals surface area (Å²) in [7, 11) is 1.94. The first-order valence-electron chi connectivity index (χ1n) is 8.96. The van der Waals surface area contributed by atoms with Crippen LogP contribution in [0.2, 0.25) is 0 Å². The van der Waals surface area contributed by atoms with Crippen molar-refractivity contribution in [2.45, 2.75) is 37.6 Å². The fraction of sp³-hybridized carbons (Fsp3) is 0.364. The minimum absolute atomic E-state index is 0.0613. The van der Waals surface area contributed by atoms with E-state index in [1.165, 1.54) is 22.9 Å². The number of anilines is 1. The largest absolute Gasteiger partial charge is 0.324 e. The number of likely N-dealkylation sites (N-methyl/N-ethyl adjacent to an activating group) is 1. The molecule has 0 atom stereocenters. The Hall–Kier alpha value is -2.29. The molecule has 5 heteroatoms. The molecule has 1 amide bonds. The normalized spacial score (nSPS) is 11.3. The molecule has 0 spiro atoms. The van der Waals surface area contributed by atoms with Crippen LogP contribution >= 0.6 is 11.8 Å². The molecular formula is C22H27N3OS. The molecule has 0 aromatic heterocycles. The molecule has 0 unspecified atom stereocenters. The molecule has 0 aliphatic heterocycles. The van der Waals surface area contributed by atoms with Gasteiger partial charge in [-0.25, -0.2) is 0 Å². The lowest BCUT2D eigenvalue weighted by molar-refractivity contribution is -0.117. The highest BCUT2D eigenvalue weighted by molar-refractivity contribution is 7.99. The minimum Gasteiger partial charge on any atom is -0.324 e. The maximum absolute atomic E-state index is 12.4. The molecule has 2 rings (SSSR count). The predicted molar refractivity (Wildman–Crippen MR) is 113 cm³/mol. The minimum atomic E-state index is -0.0613. The standard InChI is InChI=1S/C22H27N3OS/c1-22(2,3)18-11-9-17(10-12-18)15-25(4)16-21(26)24-19-7-5-6-8-20(19)27-14-13-23/h5-12H,14-16H2,1-4H3,(H,24,26). The van der Waals surface area contributed by atoms with Crippen LogP contribution in [0.25, 0.3) is 0 Å². The molecule has 0 radical (unpaired) electrons. The van der Waals surface area contributed by atoms with Crippen molar-refractivity contribution in [1.29, 1.82) is 5.26 Å². The van der Waals surface area contributed by atoms with Crippen LogP contribution in [-0.2, 0) is 16.8 Å². The van der Waals surface area contributed by atoms with Gasteiger partial charge in [-0.15, -0.1) is 11.8 Å². The lowest BCUT2D eigenvalue weighted by Crippen LogP contribution is -2.30. The van der Waals surface area contributed by atoms with E-state index in [0.29, 0.717) is 18.8 Å². The van der Waals surface area contributed by atoms with Crippen molar-refractivity contribution in [3.63, 3.8) is 0 Å². The molecule has 0 heterocycles. The number of nitrogens with one attached hydrogen (secondary N) is 1. The van der Waals surface area contributed by atoms with Crippen LogP contribution in [0, 0.1) is 11.3 Å². The summed E-state index contributed by atoms with van der Waals surface area (Å²) in [6, 6.07) is 18.2. The maximum Gasteiger partial charge on any atom is 0.238 e. The van der Waals surface area contributed by atoms with E-state index >= 15 is 0 Å². The topological polar surface area (TPSA) is 56.1 Å². The van der Waals surface area contributed by atoms with Crippen molar-refractivity contribution in [3.8, 4) is 6.07 Å². The van der Waals surface area contributed by atoms with Gasteiger partial charge in [0.25, 0.3) is 0 Å². The molecule has 4 nitrogen and oxygen atoms in total. The Morgan fingerprint density at radius 3 is 2.44 bits per heavy atom. The third kappa shape index (κ3) is 6.74. The maximum atomic E-state index is 12.4. The molecular weight excluding hydrogens is 354 g/mol. The summed E-state index contributed by atoms with van der Waals surface area (Å²) >= 11 is 1.42. The van der Waals surface area contributed by atoms with Crippen LogP contribution in [0.1, 0.15) is 31.9 Å². The third-order valence-electron chi connectivity index (χ3n) is 4.14. The fourth-order valence-electron chi connectivity index (χ4n) is 2.72. The van der Waals surface area contributed by atoms with Gasteiger partial charge in [0.2, 0.25) is 5.91 Å². The Balaban J connectivity index is 1.92. The number of hydrogen-bond acceptors (Lipinski definition) is 4. The zero-order valence-electron chi connectivity index (χ0n) is 16.5. The van der Waals surface area contributed by atoms with Crippen LogP contribution in [0.15, 0.2) is 53.4 Å². The first kappa shape index (κ1) is 21.0. The summed E-state index contributed by atoms with van der Waals surface area (Å²) in [5, 5.41) is 11.7. The van der Waals surface area contributed by atoms with Crippen LogP contribution in [0.3, 0.4) is 0 Å². The molecule has 142 valence electrons. The van der Waals surface area contributed by atoms with Gasteiger partial charge in [0, 0.05) is 11.4 Å². The van der Waals surface area contributed by atoms with Crippen molar-refractivity contribution < 1.29 is 4.79 Å². The van der Waals surface area contributed by atoms with Crippen LogP contribution < -0.4 is 5.32 Å². The van der Waals surface area contributed by atoms with E-state index in [1.54, 1.807) is 0 Å². The monoisotopic (exact) mass is 381 g/mol. The van der Waals surface area contributed by atoms with Gasteiger partial charge in [-0.2, -0.15) is 5.26 Å². The number of amides is 1. The van der Waals surface area contributed by atoms with E-state index in [1.807, 2.05) is 36.2 Å². The van der Waals surface area contributed by atoms with Crippen LogP contribution in [-0.4, -0.2) is 30.2 Å². The number of carbonyl (C=O) groups excluding carboxylic acids is 1. The smallest absolute Gasteiger partial charge is 0.238 e. The lowest BCUT2D eigenvalue weighted by Gasteiger charge is -2.20. The van der Waals surface area contributed by atoms with Gasteiger partial charge in [-0.1, -0.05) is 57.2 Å². The number of para-hydroxylation sites is 1. The Morgan fingerprint density at radius 2 is 1.81 bits per heavy atom. The summed E-state index contributed by atoms with van der Waals surface area (Å²) in [5.41, 5.74) is 3.38. The van der Waals surface area contributed by atoms with Gasteiger partial charge in [-0.3, -0.25) is 9.69 Å². The van der Waals surface area contributed by atoms with E-state index in [0.717, 1.165) is 10.6 Å². The molecule has 2 aromatic rings. The Kier molecular flexibility index (Phi) is 7.46. The molecule has 0 saturated carbocycles. The zero-order valence-corrected chi connectivity index (χ0v) is 17.3. The number of nitrogens with zero attached hydrogens (tertiary/aromatic N) is 2. The second-order valence-corrected chi connectivity index (χ2v) is 8.63. The Labute approximate surface area is 166 Å². The SMILES string of the molecule is CN(CC(=O)Nc1ccccc1SCC#N)Cc1ccc(C(C)(C)C)cc1. The van der Waals surface area contributed by atoms with Gasteiger partial charge >= 0.3 is 0 Å². The Morgan fingerprint density at radius 1 is 1.15 bits per heavy atom. The first-order chi connectivity index (χ1) is 12.8. The number of nitriles is 1. The molecule has 0 aliphatic rings. The van der Waals surface area contributed by atoms with E-state index < -0.39 is 0 Å². The number of benzene rings is 2. The molecule has 0 aliphatic carbocycles. The van der Waals surface area contributed by atoms with E-state index in [4.69, 9.17) is 5.26 Å². The van der Waals surface area contributed by atoms with Crippen molar-refractivity contribution >= 4 is 23.4 Å². The van der Waals surface area contributed by atoms with E-state index in [9.17, 15) is 4.79 Å². The average molecular weight is 382 g/mol. The van der Waals surface area contributed by atoms with Crippen molar-refractivity contribution in [2.75, 3.05) is 24.7 Å². The van der Waals surface area contributed by atoms with Crippen LogP contribution in [0.5, 0.6) is 0 Å². The predicted octanol–water partition coefficient (Wildman–Crippen LogP) is 4.67. The number of thioether (sulfide) groups is 1. The lowest BCUT2D eigenvalue weighted by atomic mass is 9.87. The van der Waals surface area contributed by atoms with Gasteiger partial charge in [0.05, 0.1) is 24.1 Å².